The van der Waals surface area contributed by atoms with Crippen molar-refractivity contribution in [3.8, 4) is 11.1 Å². The van der Waals surface area contributed by atoms with E-state index < -0.39 is 0 Å². The van der Waals surface area contributed by atoms with Crippen molar-refractivity contribution < 1.29 is 0 Å². The summed E-state index contributed by atoms with van der Waals surface area (Å²) < 4.78 is 0. The molecular formula is C34H29N. The van der Waals surface area contributed by atoms with Crippen LogP contribution in [0.3, 0.4) is 0 Å². The normalized spacial score (nSPS) is 15.9. The highest BCUT2D eigenvalue weighted by Gasteiger charge is 2.42. The van der Waals surface area contributed by atoms with Crippen molar-refractivity contribution >= 4 is 17.1 Å². The van der Waals surface area contributed by atoms with Gasteiger partial charge in [0.15, 0.2) is 0 Å². The lowest BCUT2D eigenvalue weighted by molar-refractivity contribution is 0.505. The maximum Gasteiger partial charge on any atom is 0.0465 e. The van der Waals surface area contributed by atoms with Crippen molar-refractivity contribution in [2.75, 3.05) is 4.90 Å². The quantitative estimate of drug-likeness (QED) is 0.249. The minimum Gasteiger partial charge on any atom is -0.310 e. The number of hydrogen-bond donors (Lipinski definition) is 0. The Balaban J connectivity index is 1.56. The van der Waals surface area contributed by atoms with Gasteiger partial charge in [-0.15, -0.1) is 0 Å². The molecule has 0 fully saturated rings. The highest BCUT2D eigenvalue weighted by Crippen LogP contribution is 2.53. The molecule has 0 spiro atoms. The zero-order valence-corrected chi connectivity index (χ0v) is 20.1. The second-order valence-electron chi connectivity index (χ2n) is 9.38. The molecule has 0 aliphatic heterocycles. The molecule has 0 saturated heterocycles. The summed E-state index contributed by atoms with van der Waals surface area (Å²) in [7, 11) is 0. The molecule has 170 valence electrons. The van der Waals surface area contributed by atoms with Crippen molar-refractivity contribution in [1.82, 2.24) is 0 Å². The van der Waals surface area contributed by atoms with Gasteiger partial charge in [-0.25, -0.2) is 0 Å². The molecule has 1 aliphatic rings. The topological polar surface area (TPSA) is 3.24 Å². The van der Waals surface area contributed by atoms with Gasteiger partial charge in [-0.1, -0.05) is 104 Å². The molecule has 1 atom stereocenters. The molecule has 0 heterocycles. The van der Waals surface area contributed by atoms with Gasteiger partial charge in [0.05, 0.1) is 0 Å². The summed E-state index contributed by atoms with van der Waals surface area (Å²) in [5.41, 5.74) is 10.5. The van der Waals surface area contributed by atoms with Crippen LogP contribution in [-0.4, -0.2) is 0 Å². The molecular weight excluding hydrogens is 422 g/mol. The Morgan fingerprint density at radius 3 is 1.69 bits per heavy atom. The minimum absolute atomic E-state index is 0.0532. The Morgan fingerprint density at radius 2 is 1.06 bits per heavy atom. The second kappa shape index (κ2) is 8.92. The number of nitrogens with zero attached hydrogens (tertiary/aromatic N) is 1. The Kier molecular flexibility index (Phi) is 5.47. The monoisotopic (exact) mass is 451 g/mol. The van der Waals surface area contributed by atoms with E-state index in [0.29, 0.717) is 0 Å². The van der Waals surface area contributed by atoms with Crippen molar-refractivity contribution in [3.63, 3.8) is 0 Å². The van der Waals surface area contributed by atoms with E-state index in [2.05, 4.69) is 145 Å². The Hall–Kier alpha value is -4.10. The smallest absolute Gasteiger partial charge is 0.0465 e. The average Bonchev–Trinajstić information content (AvgIpc) is 3.20. The van der Waals surface area contributed by atoms with E-state index in [9.17, 15) is 0 Å². The molecule has 0 radical (unpaired) electrons. The van der Waals surface area contributed by atoms with Gasteiger partial charge in [0, 0.05) is 22.5 Å². The molecule has 35 heavy (non-hydrogen) atoms. The lowest BCUT2D eigenvalue weighted by atomic mass is 9.71. The van der Waals surface area contributed by atoms with Crippen LogP contribution in [0.4, 0.5) is 17.1 Å². The molecule has 1 aliphatic carbocycles. The van der Waals surface area contributed by atoms with Crippen molar-refractivity contribution in [1.29, 1.82) is 0 Å². The minimum atomic E-state index is -0.0532. The largest absolute Gasteiger partial charge is 0.310 e. The first-order chi connectivity index (χ1) is 17.3. The maximum atomic E-state index is 2.45. The molecule has 0 aromatic heterocycles. The van der Waals surface area contributed by atoms with E-state index in [1.165, 1.54) is 44.9 Å². The van der Waals surface area contributed by atoms with E-state index in [0.717, 1.165) is 12.8 Å². The fourth-order valence-electron chi connectivity index (χ4n) is 5.82. The molecule has 5 aromatic carbocycles. The van der Waals surface area contributed by atoms with Crippen LogP contribution in [0.5, 0.6) is 0 Å². The van der Waals surface area contributed by atoms with E-state index in [1.54, 1.807) is 0 Å². The predicted molar refractivity (Wildman–Crippen MR) is 148 cm³/mol. The summed E-state index contributed by atoms with van der Waals surface area (Å²) in [4.78, 5) is 2.37. The predicted octanol–water partition coefficient (Wildman–Crippen LogP) is 9.08. The molecule has 0 bridgehead atoms. The van der Waals surface area contributed by atoms with Crippen LogP contribution in [0.1, 0.15) is 30.0 Å². The average molecular weight is 452 g/mol. The fraction of sp³-hybridized carbons (Fsp3) is 0.118. The Labute approximate surface area is 208 Å². The van der Waals surface area contributed by atoms with Gasteiger partial charge >= 0.3 is 0 Å². The first kappa shape index (κ1) is 21.4. The van der Waals surface area contributed by atoms with Crippen molar-refractivity contribution in [3.05, 3.63) is 150 Å². The van der Waals surface area contributed by atoms with Gasteiger partial charge in [0.2, 0.25) is 0 Å². The van der Waals surface area contributed by atoms with Crippen LogP contribution in [-0.2, 0) is 11.8 Å². The van der Waals surface area contributed by atoms with Crippen molar-refractivity contribution in [2.45, 2.75) is 25.2 Å². The van der Waals surface area contributed by atoms with Gasteiger partial charge in [0.25, 0.3) is 0 Å². The molecule has 1 nitrogen and oxygen atoms in total. The molecule has 0 amide bonds. The molecule has 0 N–H and O–H groups in total. The van der Waals surface area contributed by atoms with Gasteiger partial charge in [0.1, 0.15) is 0 Å². The van der Waals surface area contributed by atoms with Crippen LogP contribution in [0.2, 0.25) is 0 Å². The summed E-state index contributed by atoms with van der Waals surface area (Å²) in [5, 5.41) is 0. The second-order valence-corrected chi connectivity index (χ2v) is 9.38. The van der Waals surface area contributed by atoms with Gasteiger partial charge in [-0.05, 0) is 77.1 Å². The fourth-order valence-corrected chi connectivity index (χ4v) is 5.82. The van der Waals surface area contributed by atoms with Gasteiger partial charge in [-0.3, -0.25) is 0 Å². The molecule has 0 saturated carbocycles. The number of anilines is 3. The number of para-hydroxylation sites is 2. The van der Waals surface area contributed by atoms with Gasteiger partial charge < -0.3 is 4.90 Å². The summed E-state index contributed by atoms with van der Waals surface area (Å²) in [6.07, 6.45) is 2.04. The lowest BCUT2D eigenvalue weighted by Crippen LogP contribution is -2.27. The lowest BCUT2D eigenvalue weighted by Gasteiger charge is -2.33. The van der Waals surface area contributed by atoms with Crippen molar-refractivity contribution in [2.24, 2.45) is 0 Å². The Bertz CT molecular complexity index is 1400. The molecule has 6 rings (SSSR count). The zero-order valence-electron chi connectivity index (χ0n) is 20.1. The highest BCUT2D eigenvalue weighted by atomic mass is 15.1. The third-order valence-electron chi connectivity index (χ3n) is 7.49. The van der Waals surface area contributed by atoms with E-state index in [4.69, 9.17) is 0 Å². The number of benzene rings is 5. The first-order valence-corrected chi connectivity index (χ1v) is 12.5. The summed E-state index contributed by atoms with van der Waals surface area (Å²) in [5.74, 6) is 0. The molecule has 1 heteroatoms. The zero-order chi connectivity index (χ0) is 23.7. The summed E-state index contributed by atoms with van der Waals surface area (Å²) >= 11 is 0. The van der Waals surface area contributed by atoms with E-state index in [1.807, 2.05) is 0 Å². The number of hydrogen-bond acceptors (Lipinski definition) is 1. The highest BCUT2D eigenvalue weighted by molar-refractivity contribution is 5.86. The first-order valence-electron chi connectivity index (χ1n) is 12.5. The Morgan fingerprint density at radius 1 is 0.514 bits per heavy atom. The molecule has 1 unspecified atom stereocenters. The standard InChI is InChI=1S/C34H29N/c1-2-34(25-26-14-6-3-7-15-26)32-21-13-12-20-30(32)31-23-22-29(24-33(31)34)35(27-16-8-4-9-17-27)28-18-10-5-11-19-28/h3-24H,2,25H2,1H3. The van der Waals surface area contributed by atoms with Crippen LogP contribution < -0.4 is 4.90 Å². The number of rotatable bonds is 6. The maximum absolute atomic E-state index is 2.45. The van der Waals surface area contributed by atoms with Gasteiger partial charge in [-0.2, -0.15) is 0 Å². The van der Waals surface area contributed by atoms with Crippen LogP contribution in [0, 0.1) is 0 Å². The third kappa shape index (κ3) is 3.65. The SMILES string of the molecule is CCC1(Cc2ccccc2)c2ccccc2-c2ccc(N(c3ccccc3)c3ccccc3)cc21. The van der Waals surface area contributed by atoms with Crippen LogP contribution in [0.15, 0.2) is 133 Å². The van der Waals surface area contributed by atoms with Crippen LogP contribution >= 0.6 is 0 Å². The summed E-state index contributed by atoms with van der Waals surface area (Å²) in [6, 6.07) is 48.4. The van der Waals surface area contributed by atoms with Crippen LogP contribution in [0.25, 0.3) is 11.1 Å². The van der Waals surface area contributed by atoms with E-state index >= 15 is 0 Å². The van der Waals surface area contributed by atoms with E-state index in [-0.39, 0.29) is 5.41 Å². The summed E-state index contributed by atoms with van der Waals surface area (Å²) in [6.45, 7) is 2.34. The third-order valence-corrected chi connectivity index (χ3v) is 7.49. The number of fused-ring (bicyclic) bond motifs is 3. The molecule has 5 aromatic rings.